The largest absolute Gasteiger partial charge is 0.452 e. The molecule has 0 unspecified atom stereocenters. The smallest absolute Gasteiger partial charge is 0.344 e. The highest BCUT2D eigenvalue weighted by Crippen LogP contribution is 2.40. The Labute approximate surface area is 77.0 Å². The van der Waals surface area contributed by atoms with Crippen LogP contribution >= 0.6 is 0 Å². The lowest BCUT2D eigenvalue weighted by Gasteiger charge is -2.35. The Bertz CT molecular complexity index is 263. The molecule has 3 nitrogen and oxygen atoms in total. The van der Waals surface area contributed by atoms with E-state index in [0.29, 0.717) is 5.76 Å². The van der Waals surface area contributed by atoms with Crippen molar-refractivity contribution in [3.05, 3.63) is 24.5 Å². The Balaban J connectivity index is 2.22. The lowest BCUT2D eigenvalue weighted by molar-refractivity contribution is -0.220. The second-order valence-electron chi connectivity index (χ2n) is 3.51. The van der Waals surface area contributed by atoms with Crippen molar-refractivity contribution < 1.29 is 14.3 Å². The minimum Gasteiger partial charge on any atom is -0.452 e. The average Bonchev–Trinajstić information content (AvgIpc) is 2.49. The van der Waals surface area contributed by atoms with Crippen molar-refractivity contribution in [3.8, 4) is 0 Å². The van der Waals surface area contributed by atoms with Crippen molar-refractivity contribution in [2.75, 3.05) is 0 Å². The maximum absolute atomic E-state index is 11.3. The molecule has 0 amide bonds. The van der Waals surface area contributed by atoms with Crippen LogP contribution in [0.4, 0.5) is 0 Å². The summed E-state index contributed by atoms with van der Waals surface area (Å²) in [6.07, 6.45) is 3.61. The third kappa shape index (κ3) is 1.24. The molecule has 0 bridgehead atoms. The first-order chi connectivity index (χ1) is 6.13. The summed E-state index contributed by atoms with van der Waals surface area (Å²) < 4.78 is 10.7. The highest BCUT2D eigenvalue weighted by Gasteiger charge is 2.44. The van der Waals surface area contributed by atoms with Gasteiger partial charge in [-0.15, -0.1) is 0 Å². The molecule has 70 valence electrons. The predicted molar refractivity (Wildman–Crippen MR) is 46.7 cm³/mol. The monoisotopic (exact) mass is 180 g/mol. The molecule has 2 aliphatic rings. The zero-order chi connectivity index (χ0) is 9.47. The van der Waals surface area contributed by atoms with Gasteiger partial charge >= 0.3 is 5.97 Å². The molecule has 2 fully saturated rings. The van der Waals surface area contributed by atoms with Crippen molar-refractivity contribution >= 4 is 5.97 Å². The Morgan fingerprint density at radius 3 is 2.31 bits per heavy atom. The fraction of sp³-hybridized carbons (Fsp3) is 0.500. The van der Waals surface area contributed by atoms with Gasteiger partial charge in [-0.1, -0.05) is 13.2 Å². The lowest BCUT2D eigenvalue weighted by atomic mass is 10.1. The standard InChI is InChI=1S/C10H12O3/c1-7-8(2)12-10(13-9(7)11)5-3-4-6-10/h1-6H2. The minimum absolute atomic E-state index is 0.234. The van der Waals surface area contributed by atoms with Gasteiger partial charge in [-0.2, -0.15) is 0 Å². The SMILES string of the molecule is C=C1OC2(CCCC2)OC(=O)C1=C. The van der Waals surface area contributed by atoms with E-state index in [1.54, 1.807) is 0 Å². The van der Waals surface area contributed by atoms with Crippen molar-refractivity contribution in [2.45, 2.75) is 31.5 Å². The van der Waals surface area contributed by atoms with E-state index in [0.717, 1.165) is 25.7 Å². The first-order valence-electron chi connectivity index (χ1n) is 4.43. The van der Waals surface area contributed by atoms with Crippen LogP contribution in [0, 0.1) is 0 Å². The summed E-state index contributed by atoms with van der Waals surface area (Å²) in [5, 5.41) is 0. The number of hydrogen-bond donors (Lipinski definition) is 0. The van der Waals surface area contributed by atoms with Crippen LogP contribution in [0.25, 0.3) is 0 Å². The quantitative estimate of drug-likeness (QED) is 0.422. The zero-order valence-electron chi connectivity index (χ0n) is 7.47. The molecular weight excluding hydrogens is 168 g/mol. The molecule has 3 heteroatoms. The number of carbonyl (C=O) groups is 1. The van der Waals surface area contributed by atoms with Crippen LogP contribution in [0.1, 0.15) is 25.7 Å². The van der Waals surface area contributed by atoms with E-state index in [1.165, 1.54) is 0 Å². The van der Waals surface area contributed by atoms with Crippen LogP contribution in [0.5, 0.6) is 0 Å². The van der Waals surface area contributed by atoms with Crippen molar-refractivity contribution in [2.24, 2.45) is 0 Å². The summed E-state index contributed by atoms with van der Waals surface area (Å²) in [6, 6.07) is 0. The molecule has 1 saturated heterocycles. The van der Waals surface area contributed by atoms with Gasteiger partial charge in [0.25, 0.3) is 5.79 Å². The Hall–Kier alpha value is -1.25. The second-order valence-corrected chi connectivity index (χ2v) is 3.51. The molecule has 1 aliphatic heterocycles. The van der Waals surface area contributed by atoms with Gasteiger partial charge in [0, 0.05) is 12.8 Å². The molecule has 0 aromatic carbocycles. The van der Waals surface area contributed by atoms with Gasteiger partial charge in [-0.25, -0.2) is 4.79 Å². The molecule has 13 heavy (non-hydrogen) atoms. The van der Waals surface area contributed by atoms with Crippen LogP contribution in [0.2, 0.25) is 0 Å². The first-order valence-corrected chi connectivity index (χ1v) is 4.43. The van der Waals surface area contributed by atoms with Crippen LogP contribution in [0.15, 0.2) is 24.5 Å². The molecule has 1 heterocycles. The molecule has 0 atom stereocenters. The topological polar surface area (TPSA) is 35.5 Å². The van der Waals surface area contributed by atoms with Gasteiger partial charge in [-0.3, -0.25) is 0 Å². The van der Waals surface area contributed by atoms with Crippen molar-refractivity contribution in [1.82, 2.24) is 0 Å². The molecule has 1 saturated carbocycles. The summed E-state index contributed by atoms with van der Waals surface area (Å²) in [6.45, 7) is 7.17. The van der Waals surface area contributed by atoms with E-state index in [1.807, 2.05) is 0 Å². The highest BCUT2D eigenvalue weighted by atomic mass is 16.7. The Morgan fingerprint density at radius 1 is 1.15 bits per heavy atom. The van der Waals surface area contributed by atoms with Crippen LogP contribution in [-0.4, -0.2) is 11.8 Å². The van der Waals surface area contributed by atoms with Crippen LogP contribution in [-0.2, 0) is 14.3 Å². The number of rotatable bonds is 0. The van der Waals surface area contributed by atoms with Gasteiger partial charge in [0.15, 0.2) is 0 Å². The summed E-state index contributed by atoms with van der Waals surface area (Å²) in [5.74, 6) is -0.744. The third-order valence-electron chi connectivity index (χ3n) is 2.54. The molecule has 0 aromatic heterocycles. The van der Waals surface area contributed by atoms with Crippen molar-refractivity contribution in [1.29, 1.82) is 0 Å². The third-order valence-corrected chi connectivity index (χ3v) is 2.54. The Kier molecular flexibility index (Phi) is 1.68. The molecule has 0 radical (unpaired) electrons. The van der Waals surface area contributed by atoms with Gasteiger partial charge in [0.1, 0.15) is 5.76 Å². The summed E-state index contributed by atoms with van der Waals surface area (Å²) in [5.41, 5.74) is 0.234. The van der Waals surface area contributed by atoms with Gasteiger partial charge < -0.3 is 9.47 Å². The summed E-state index contributed by atoms with van der Waals surface area (Å²) >= 11 is 0. The highest BCUT2D eigenvalue weighted by molar-refractivity contribution is 5.92. The molecule has 1 aliphatic carbocycles. The van der Waals surface area contributed by atoms with Gasteiger partial charge in [0.2, 0.25) is 0 Å². The lowest BCUT2D eigenvalue weighted by Crippen LogP contribution is -2.40. The fourth-order valence-corrected chi connectivity index (χ4v) is 1.77. The fourth-order valence-electron chi connectivity index (χ4n) is 1.77. The number of hydrogen-bond acceptors (Lipinski definition) is 3. The molecule has 1 spiro atoms. The van der Waals surface area contributed by atoms with Crippen LogP contribution in [0.3, 0.4) is 0 Å². The van der Waals surface area contributed by atoms with Crippen molar-refractivity contribution in [3.63, 3.8) is 0 Å². The van der Waals surface area contributed by atoms with Crippen LogP contribution < -0.4 is 0 Å². The van der Waals surface area contributed by atoms with E-state index in [9.17, 15) is 4.79 Å². The summed E-state index contributed by atoms with van der Waals surface area (Å²) in [4.78, 5) is 11.3. The van der Waals surface area contributed by atoms with Gasteiger partial charge in [-0.05, 0) is 12.8 Å². The second kappa shape index (κ2) is 2.62. The van der Waals surface area contributed by atoms with E-state index < -0.39 is 11.8 Å². The maximum atomic E-state index is 11.3. The number of esters is 1. The van der Waals surface area contributed by atoms with E-state index in [2.05, 4.69) is 13.2 Å². The Morgan fingerprint density at radius 2 is 1.77 bits per heavy atom. The molecule has 0 aromatic rings. The van der Waals surface area contributed by atoms with Gasteiger partial charge in [0.05, 0.1) is 5.57 Å². The normalized spacial score (nSPS) is 26.0. The predicted octanol–water partition coefficient (Wildman–Crippen LogP) is 1.90. The molecule has 2 rings (SSSR count). The summed E-state index contributed by atoms with van der Waals surface area (Å²) in [7, 11) is 0. The first kappa shape index (κ1) is 8.35. The van der Waals surface area contributed by atoms with E-state index >= 15 is 0 Å². The number of ether oxygens (including phenoxy) is 2. The van der Waals surface area contributed by atoms with E-state index in [-0.39, 0.29) is 5.57 Å². The maximum Gasteiger partial charge on any atom is 0.344 e. The van der Waals surface area contributed by atoms with E-state index in [4.69, 9.17) is 9.47 Å². The molecular formula is C10H12O3. The zero-order valence-corrected chi connectivity index (χ0v) is 7.47. The minimum atomic E-state index is -0.713. The number of carbonyl (C=O) groups excluding carboxylic acids is 1. The molecule has 0 N–H and O–H groups in total. The average molecular weight is 180 g/mol.